The molecule has 0 radical (unpaired) electrons. The summed E-state index contributed by atoms with van der Waals surface area (Å²) in [5.74, 6) is 4.53. The maximum absolute atomic E-state index is 10.8. The lowest BCUT2D eigenvalue weighted by molar-refractivity contribution is -0.133. The maximum atomic E-state index is 10.8. The number of carbonyl (C=O) groups is 1. The molecule has 0 saturated heterocycles. The predicted molar refractivity (Wildman–Crippen MR) is 57.5 cm³/mol. The third-order valence-electron chi connectivity index (χ3n) is 1.66. The van der Waals surface area contributed by atoms with Crippen LogP contribution in [0, 0.1) is 11.8 Å². The second-order valence-corrected chi connectivity index (χ2v) is 4.70. The van der Waals surface area contributed by atoms with E-state index in [9.17, 15) is 4.79 Å². The largest absolute Gasteiger partial charge is 0.459 e. The monoisotopic (exact) mass is 224 g/mol. The first-order valence-electron chi connectivity index (χ1n) is 4.38. The molecule has 0 aliphatic rings. The molecule has 0 spiro atoms. The van der Waals surface area contributed by atoms with Crippen molar-refractivity contribution in [3.05, 3.63) is 10.6 Å². The number of aromatic nitrogens is 2. The minimum absolute atomic E-state index is 0.118. The number of nitrogens with zero attached hydrogens (tertiary/aromatic N) is 2. The molecule has 0 amide bonds. The third kappa shape index (κ3) is 3.03. The second kappa shape index (κ2) is 4.41. The highest BCUT2D eigenvalue weighted by molar-refractivity contribution is 7.06. The van der Waals surface area contributed by atoms with Gasteiger partial charge in [-0.3, -0.25) is 0 Å². The van der Waals surface area contributed by atoms with Crippen LogP contribution in [0.2, 0.25) is 0 Å². The van der Waals surface area contributed by atoms with Gasteiger partial charge in [-0.25, -0.2) is 4.79 Å². The first-order valence-corrected chi connectivity index (χ1v) is 5.15. The first kappa shape index (κ1) is 11.7. The molecule has 80 valence electrons. The van der Waals surface area contributed by atoms with E-state index in [1.165, 1.54) is 18.6 Å². The van der Waals surface area contributed by atoms with E-state index in [1.807, 2.05) is 20.8 Å². The van der Waals surface area contributed by atoms with Gasteiger partial charge >= 0.3 is 5.97 Å². The van der Waals surface area contributed by atoms with Gasteiger partial charge in [0.05, 0.1) is 12.8 Å². The molecular formula is C10H12N2O2S. The molecule has 0 aromatic carbocycles. The van der Waals surface area contributed by atoms with Crippen LogP contribution in [0.1, 0.15) is 31.3 Å². The fourth-order valence-electron chi connectivity index (χ4n) is 0.922. The van der Waals surface area contributed by atoms with Crippen LogP contribution < -0.4 is 0 Å². The summed E-state index contributed by atoms with van der Waals surface area (Å²) in [5.41, 5.74) is 0.691. The van der Waals surface area contributed by atoms with Crippen LogP contribution in [-0.2, 0) is 14.9 Å². The Morgan fingerprint density at radius 2 is 2.13 bits per heavy atom. The summed E-state index contributed by atoms with van der Waals surface area (Å²) < 4.78 is 8.25. The average Bonchev–Trinajstić information content (AvgIpc) is 2.61. The Hall–Kier alpha value is -1.41. The summed E-state index contributed by atoms with van der Waals surface area (Å²) in [6.45, 7) is 6.06. The molecule has 1 aromatic rings. The number of hydrogen-bond acceptors (Lipinski definition) is 5. The molecule has 15 heavy (non-hydrogen) atoms. The van der Waals surface area contributed by atoms with Gasteiger partial charge in [0, 0.05) is 11.3 Å². The second-order valence-electron chi connectivity index (χ2n) is 3.94. The van der Waals surface area contributed by atoms with Gasteiger partial charge in [0.2, 0.25) is 0 Å². The number of methoxy groups -OCH3 is 1. The molecule has 4 nitrogen and oxygen atoms in total. The Morgan fingerprint density at radius 1 is 1.47 bits per heavy atom. The zero-order valence-corrected chi connectivity index (χ0v) is 9.94. The molecule has 0 unspecified atom stereocenters. The highest BCUT2D eigenvalue weighted by Gasteiger charge is 2.21. The lowest BCUT2D eigenvalue weighted by atomic mass is 9.91. The maximum Gasteiger partial charge on any atom is 0.384 e. The zero-order valence-electron chi connectivity index (χ0n) is 9.12. The van der Waals surface area contributed by atoms with Gasteiger partial charge in [0.15, 0.2) is 0 Å². The highest BCUT2D eigenvalue weighted by Crippen LogP contribution is 2.24. The van der Waals surface area contributed by atoms with Crippen LogP contribution in [0.4, 0.5) is 0 Å². The number of ether oxygens (including phenoxy) is 1. The van der Waals surface area contributed by atoms with Crippen molar-refractivity contribution in [3.8, 4) is 11.8 Å². The van der Waals surface area contributed by atoms with Gasteiger partial charge in [-0.05, 0) is 17.5 Å². The number of rotatable bonds is 0. The summed E-state index contributed by atoms with van der Waals surface area (Å²) in [5, 5.41) is 4.01. The van der Waals surface area contributed by atoms with Crippen molar-refractivity contribution in [1.82, 2.24) is 9.59 Å². The minimum Gasteiger partial charge on any atom is -0.459 e. The molecule has 0 bridgehead atoms. The van der Waals surface area contributed by atoms with Crippen molar-refractivity contribution >= 4 is 17.5 Å². The van der Waals surface area contributed by atoms with Gasteiger partial charge in [0.1, 0.15) is 4.88 Å². The highest BCUT2D eigenvalue weighted by atomic mass is 32.1. The van der Waals surface area contributed by atoms with E-state index in [0.717, 1.165) is 5.69 Å². The fourth-order valence-corrected chi connectivity index (χ4v) is 1.66. The van der Waals surface area contributed by atoms with E-state index in [1.54, 1.807) is 0 Å². The Morgan fingerprint density at radius 3 is 2.67 bits per heavy atom. The van der Waals surface area contributed by atoms with E-state index in [2.05, 4.69) is 26.2 Å². The van der Waals surface area contributed by atoms with Crippen LogP contribution in [0.25, 0.3) is 0 Å². The van der Waals surface area contributed by atoms with Gasteiger partial charge in [-0.1, -0.05) is 25.3 Å². The predicted octanol–water partition coefficient (Wildman–Crippen LogP) is 1.36. The van der Waals surface area contributed by atoms with Crippen LogP contribution in [-0.4, -0.2) is 22.7 Å². The molecule has 0 aliphatic carbocycles. The van der Waals surface area contributed by atoms with Crippen LogP contribution in [0.5, 0.6) is 0 Å². The quantitative estimate of drug-likeness (QED) is 0.493. The summed E-state index contributed by atoms with van der Waals surface area (Å²) >= 11 is 1.19. The van der Waals surface area contributed by atoms with Crippen molar-refractivity contribution in [2.45, 2.75) is 26.2 Å². The fraction of sp³-hybridized carbons (Fsp3) is 0.500. The van der Waals surface area contributed by atoms with Crippen molar-refractivity contribution in [3.63, 3.8) is 0 Å². The van der Waals surface area contributed by atoms with E-state index in [4.69, 9.17) is 0 Å². The van der Waals surface area contributed by atoms with Crippen molar-refractivity contribution in [2.75, 3.05) is 7.11 Å². The molecule has 5 heteroatoms. The molecule has 1 heterocycles. The van der Waals surface area contributed by atoms with Gasteiger partial charge < -0.3 is 4.74 Å². The molecule has 0 atom stereocenters. The summed E-state index contributed by atoms with van der Waals surface area (Å²) in [6, 6.07) is 0. The molecule has 0 saturated carbocycles. The van der Waals surface area contributed by atoms with E-state index in [0.29, 0.717) is 4.88 Å². The number of esters is 1. The molecule has 1 rings (SSSR count). The molecule has 0 aliphatic heterocycles. The zero-order chi connectivity index (χ0) is 11.5. The van der Waals surface area contributed by atoms with Crippen LogP contribution in [0.15, 0.2) is 0 Å². The Labute approximate surface area is 92.8 Å². The SMILES string of the molecule is COC(=O)C#Cc1snnc1C(C)(C)C. The van der Waals surface area contributed by atoms with E-state index >= 15 is 0 Å². The topological polar surface area (TPSA) is 52.1 Å². The van der Waals surface area contributed by atoms with Crippen LogP contribution >= 0.6 is 11.5 Å². The van der Waals surface area contributed by atoms with Crippen molar-refractivity contribution in [1.29, 1.82) is 0 Å². The Balaban J connectivity index is 3.00. The lowest BCUT2D eigenvalue weighted by Gasteiger charge is -2.14. The average molecular weight is 224 g/mol. The van der Waals surface area contributed by atoms with E-state index in [-0.39, 0.29) is 5.41 Å². The van der Waals surface area contributed by atoms with Crippen LogP contribution in [0.3, 0.4) is 0 Å². The summed E-state index contributed by atoms with van der Waals surface area (Å²) in [4.78, 5) is 11.6. The van der Waals surface area contributed by atoms with Gasteiger partial charge in [0.25, 0.3) is 0 Å². The standard InChI is InChI=1S/C10H12N2O2S/c1-10(2,3)9-7(15-12-11-9)5-6-8(13)14-4/h1-4H3. The number of hydrogen-bond donors (Lipinski definition) is 0. The molecule has 0 N–H and O–H groups in total. The minimum atomic E-state index is -0.553. The van der Waals surface area contributed by atoms with Crippen molar-refractivity contribution < 1.29 is 9.53 Å². The van der Waals surface area contributed by atoms with Crippen molar-refractivity contribution in [2.24, 2.45) is 0 Å². The summed E-state index contributed by atoms with van der Waals surface area (Å²) in [7, 11) is 1.30. The van der Waals surface area contributed by atoms with E-state index < -0.39 is 5.97 Å². The first-order chi connectivity index (χ1) is 6.95. The molecule has 1 aromatic heterocycles. The molecule has 0 fully saturated rings. The smallest absolute Gasteiger partial charge is 0.384 e. The van der Waals surface area contributed by atoms with Gasteiger partial charge in [-0.2, -0.15) is 0 Å². The number of carbonyl (C=O) groups excluding carboxylic acids is 1. The lowest BCUT2D eigenvalue weighted by Crippen LogP contribution is -2.13. The van der Waals surface area contributed by atoms with Gasteiger partial charge in [-0.15, -0.1) is 5.10 Å². The normalized spacial score (nSPS) is 10.4. The Kier molecular flexibility index (Phi) is 3.43. The Bertz CT molecular complexity index is 421. The summed E-state index contributed by atoms with van der Waals surface area (Å²) in [6.07, 6.45) is 0. The molecular weight excluding hydrogens is 212 g/mol. The third-order valence-corrected chi connectivity index (χ3v) is 2.30.